The highest BCUT2D eigenvalue weighted by Gasteiger charge is 2.27. The van der Waals surface area contributed by atoms with Crippen LogP contribution >= 0.6 is 27.3 Å². The van der Waals surface area contributed by atoms with Crippen molar-refractivity contribution in [3.05, 3.63) is 5.51 Å². The zero-order chi connectivity index (χ0) is 9.97. The summed E-state index contributed by atoms with van der Waals surface area (Å²) in [5.74, 6) is 0. The van der Waals surface area contributed by atoms with Gasteiger partial charge in [0.05, 0.1) is 18.8 Å². The van der Waals surface area contributed by atoms with E-state index in [2.05, 4.69) is 38.0 Å². The molecule has 1 aromatic rings. The lowest BCUT2D eigenvalue weighted by molar-refractivity contribution is 0.0379. The summed E-state index contributed by atoms with van der Waals surface area (Å²) in [5.41, 5.74) is 1.76. The number of morpholine rings is 1. The smallest absolute Gasteiger partial charge is 0.208 e. The van der Waals surface area contributed by atoms with Crippen LogP contribution in [-0.4, -0.2) is 40.8 Å². The summed E-state index contributed by atoms with van der Waals surface area (Å²) in [7, 11) is 0. The number of nitrogens with zero attached hydrogens (tertiary/aromatic N) is 3. The molecule has 0 aliphatic carbocycles. The SMILES string of the molecule is CC1COC(CBr)CN1c1nncs1. The third-order valence-electron chi connectivity index (χ3n) is 2.27. The predicted octanol–water partition coefficient (Wildman–Crippen LogP) is 1.53. The summed E-state index contributed by atoms with van der Waals surface area (Å²) in [5, 5.41) is 9.80. The van der Waals surface area contributed by atoms with E-state index in [-0.39, 0.29) is 6.10 Å². The molecule has 0 bridgehead atoms. The molecule has 6 heteroatoms. The van der Waals surface area contributed by atoms with Gasteiger partial charge in [-0.25, -0.2) is 0 Å². The van der Waals surface area contributed by atoms with Crippen LogP contribution in [0, 0.1) is 0 Å². The van der Waals surface area contributed by atoms with Gasteiger partial charge < -0.3 is 9.64 Å². The largest absolute Gasteiger partial charge is 0.373 e. The van der Waals surface area contributed by atoms with Crippen molar-refractivity contribution in [3.63, 3.8) is 0 Å². The summed E-state index contributed by atoms with van der Waals surface area (Å²) in [4.78, 5) is 2.26. The second kappa shape index (κ2) is 4.55. The molecule has 1 fully saturated rings. The molecule has 0 amide bonds. The van der Waals surface area contributed by atoms with Crippen LogP contribution in [0.3, 0.4) is 0 Å². The molecule has 2 rings (SSSR count). The van der Waals surface area contributed by atoms with Crippen LogP contribution in [0.1, 0.15) is 6.92 Å². The van der Waals surface area contributed by atoms with Gasteiger partial charge in [-0.05, 0) is 6.92 Å². The maximum atomic E-state index is 5.64. The number of rotatable bonds is 2. The highest BCUT2D eigenvalue weighted by atomic mass is 79.9. The van der Waals surface area contributed by atoms with E-state index in [0.29, 0.717) is 6.04 Å². The standard InChI is InChI=1S/C8H12BrN3OS/c1-6-4-13-7(2-9)3-12(6)8-11-10-5-14-8/h5-7H,2-4H2,1H3. The molecule has 78 valence electrons. The highest BCUT2D eigenvalue weighted by Crippen LogP contribution is 2.23. The van der Waals surface area contributed by atoms with Gasteiger partial charge in [-0.2, -0.15) is 0 Å². The van der Waals surface area contributed by atoms with Gasteiger partial charge in [-0.3, -0.25) is 0 Å². The molecular weight excluding hydrogens is 266 g/mol. The monoisotopic (exact) mass is 277 g/mol. The molecule has 0 aromatic carbocycles. The van der Waals surface area contributed by atoms with Gasteiger partial charge in [-0.15, -0.1) is 10.2 Å². The molecule has 0 saturated carbocycles. The average molecular weight is 278 g/mol. The number of hydrogen-bond acceptors (Lipinski definition) is 5. The maximum Gasteiger partial charge on any atom is 0.208 e. The molecule has 1 saturated heterocycles. The molecule has 4 nitrogen and oxygen atoms in total. The van der Waals surface area contributed by atoms with Crippen LogP contribution in [0.4, 0.5) is 5.13 Å². The Morgan fingerprint density at radius 3 is 3.29 bits per heavy atom. The van der Waals surface area contributed by atoms with E-state index in [1.807, 2.05) is 0 Å². The molecule has 2 atom stereocenters. The summed E-state index contributed by atoms with van der Waals surface area (Å²) in [6.45, 7) is 3.79. The van der Waals surface area contributed by atoms with E-state index in [1.54, 1.807) is 16.8 Å². The first-order chi connectivity index (χ1) is 6.81. The first kappa shape index (κ1) is 10.3. The Hall–Kier alpha value is -0.200. The lowest BCUT2D eigenvalue weighted by Crippen LogP contribution is -2.49. The highest BCUT2D eigenvalue weighted by molar-refractivity contribution is 9.09. The number of aromatic nitrogens is 2. The third-order valence-corrected chi connectivity index (χ3v) is 3.72. The molecule has 1 aromatic heterocycles. The van der Waals surface area contributed by atoms with Crippen molar-refractivity contribution < 1.29 is 4.74 Å². The van der Waals surface area contributed by atoms with Crippen molar-refractivity contribution in [1.29, 1.82) is 0 Å². The van der Waals surface area contributed by atoms with Crippen molar-refractivity contribution in [3.8, 4) is 0 Å². The number of hydrogen-bond donors (Lipinski definition) is 0. The van der Waals surface area contributed by atoms with Gasteiger partial charge in [0, 0.05) is 11.9 Å². The van der Waals surface area contributed by atoms with Gasteiger partial charge in [0.1, 0.15) is 5.51 Å². The molecule has 1 aliphatic heterocycles. The van der Waals surface area contributed by atoms with E-state index in [0.717, 1.165) is 23.6 Å². The molecule has 2 heterocycles. The Morgan fingerprint density at radius 2 is 2.64 bits per heavy atom. The lowest BCUT2D eigenvalue weighted by atomic mass is 10.2. The van der Waals surface area contributed by atoms with Crippen LogP contribution in [-0.2, 0) is 4.74 Å². The van der Waals surface area contributed by atoms with Gasteiger partial charge in [0.2, 0.25) is 5.13 Å². The van der Waals surface area contributed by atoms with Crippen molar-refractivity contribution in [2.75, 3.05) is 23.4 Å². The summed E-state index contributed by atoms with van der Waals surface area (Å²) >= 11 is 5.02. The molecular formula is C8H12BrN3OS. The Labute approximate surface area is 95.4 Å². The van der Waals surface area contributed by atoms with Crippen molar-refractivity contribution in [2.45, 2.75) is 19.1 Å². The zero-order valence-electron chi connectivity index (χ0n) is 7.89. The molecule has 14 heavy (non-hydrogen) atoms. The Kier molecular flexibility index (Phi) is 3.35. The van der Waals surface area contributed by atoms with Crippen LogP contribution in [0.15, 0.2) is 5.51 Å². The molecule has 0 spiro atoms. The summed E-state index contributed by atoms with van der Waals surface area (Å²) in [6.07, 6.45) is 0.259. The van der Waals surface area contributed by atoms with E-state index >= 15 is 0 Å². The van der Waals surface area contributed by atoms with Crippen molar-refractivity contribution >= 4 is 32.4 Å². The van der Waals surface area contributed by atoms with Crippen molar-refractivity contribution in [2.24, 2.45) is 0 Å². The topological polar surface area (TPSA) is 38.2 Å². The molecule has 1 aliphatic rings. The second-order valence-electron chi connectivity index (χ2n) is 3.33. The van der Waals surface area contributed by atoms with Crippen LogP contribution in [0.25, 0.3) is 0 Å². The van der Waals surface area contributed by atoms with E-state index in [4.69, 9.17) is 4.74 Å². The van der Waals surface area contributed by atoms with E-state index < -0.39 is 0 Å². The van der Waals surface area contributed by atoms with Crippen molar-refractivity contribution in [1.82, 2.24) is 10.2 Å². The molecule has 0 radical (unpaired) electrons. The minimum atomic E-state index is 0.259. The fourth-order valence-corrected chi connectivity index (χ4v) is 2.53. The number of halogens is 1. The third kappa shape index (κ3) is 2.07. The second-order valence-corrected chi connectivity index (χ2v) is 4.79. The predicted molar refractivity (Wildman–Crippen MR) is 60.3 cm³/mol. The van der Waals surface area contributed by atoms with E-state index in [9.17, 15) is 0 Å². The van der Waals surface area contributed by atoms with Gasteiger partial charge >= 0.3 is 0 Å². The first-order valence-corrected chi connectivity index (χ1v) is 6.51. The van der Waals surface area contributed by atoms with Crippen LogP contribution in [0.2, 0.25) is 0 Å². The van der Waals surface area contributed by atoms with E-state index in [1.165, 1.54) is 0 Å². The first-order valence-electron chi connectivity index (χ1n) is 4.51. The van der Waals surface area contributed by atoms with Gasteiger partial charge in [0.15, 0.2) is 0 Å². The Morgan fingerprint density at radius 1 is 1.79 bits per heavy atom. The molecule has 0 N–H and O–H groups in total. The number of alkyl halides is 1. The Bertz CT molecular complexity index is 282. The minimum absolute atomic E-state index is 0.259. The zero-order valence-corrected chi connectivity index (χ0v) is 10.3. The van der Waals surface area contributed by atoms with Crippen LogP contribution in [0.5, 0.6) is 0 Å². The summed E-state index contributed by atoms with van der Waals surface area (Å²) < 4.78 is 5.64. The van der Waals surface area contributed by atoms with Gasteiger partial charge in [-0.1, -0.05) is 27.3 Å². The minimum Gasteiger partial charge on any atom is -0.373 e. The maximum absolute atomic E-state index is 5.64. The fourth-order valence-electron chi connectivity index (χ4n) is 1.47. The number of ether oxygens (including phenoxy) is 1. The Balaban J connectivity index is 2.09. The molecule has 2 unspecified atom stereocenters. The van der Waals surface area contributed by atoms with Gasteiger partial charge in [0.25, 0.3) is 0 Å². The normalized spacial score (nSPS) is 28.0. The fraction of sp³-hybridized carbons (Fsp3) is 0.750. The number of anilines is 1. The lowest BCUT2D eigenvalue weighted by Gasteiger charge is -2.36. The summed E-state index contributed by atoms with van der Waals surface area (Å²) in [6, 6.07) is 0.387. The average Bonchev–Trinajstić information content (AvgIpc) is 2.71. The van der Waals surface area contributed by atoms with Crippen LogP contribution < -0.4 is 4.90 Å². The quantitative estimate of drug-likeness (QED) is 0.769.